The van der Waals surface area contributed by atoms with Gasteiger partial charge in [-0.15, -0.1) is 0 Å². The third-order valence-electron chi connectivity index (χ3n) is 0. The highest BCUT2D eigenvalue weighted by Gasteiger charge is 1.35. The first-order chi connectivity index (χ1) is 5.83. The van der Waals surface area contributed by atoms with E-state index in [1.54, 1.807) is 0 Å². The van der Waals surface area contributed by atoms with Crippen LogP contribution in [0, 0.1) is 0 Å². The summed E-state index contributed by atoms with van der Waals surface area (Å²) >= 11 is 0. The summed E-state index contributed by atoms with van der Waals surface area (Å²) in [5, 5.41) is 0. The standard InChI is InChI=1S/C3H8.C2H7N.3C2H6/c1-3-2;1-2-3;3*1-2/h3H2,1-2H3;2-3H2,1H3;3*1-2H3. The van der Waals surface area contributed by atoms with Crippen LogP contribution in [0.3, 0.4) is 0 Å². The second-order valence-corrected chi connectivity index (χ2v) is 1.12. The minimum atomic E-state index is 0.750. The first-order valence-corrected chi connectivity index (χ1v) is 5.53. The van der Waals surface area contributed by atoms with Crippen LogP contribution < -0.4 is 5.73 Å². The first kappa shape index (κ1) is 29.7. The van der Waals surface area contributed by atoms with Crippen molar-refractivity contribution in [3.05, 3.63) is 0 Å². The summed E-state index contributed by atoms with van der Waals surface area (Å²) in [6.07, 6.45) is 1.25. The van der Waals surface area contributed by atoms with E-state index >= 15 is 0 Å². The highest BCUT2D eigenvalue weighted by Crippen LogP contribution is 1.56. The van der Waals surface area contributed by atoms with Crippen molar-refractivity contribution in [1.82, 2.24) is 0 Å². The van der Waals surface area contributed by atoms with Gasteiger partial charge in [-0.1, -0.05) is 68.7 Å². The Kier molecular flexibility index (Phi) is 699. The fourth-order valence-electron chi connectivity index (χ4n) is 0. The number of rotatable bonds is 0. The lowest BCUT2D eigenvalue weighted by Crippen LogP contribution is -1.87. The normalized spacial score (nSPS) is 4.50. The van der Waals surface area contributed by atoms with E-state index in [9.17, 15) is 0 Å². The van der Waals surface area contributed by atoms with Gasteiger partial charge in [0.2, 0.25) is 0 Å². The van der Waals surface area contributed by atoms with Crippen LogP contribution in [0.5, 0.6) is 0 Å². The molecule has 12 heavy (non-hydrogen) atoms. The second kappa shape index (κ2) is 283. The third-order valence-corrected chi connectivity index (χ3v) is 0. The van der Waals surface area contributed by atoms with Crippen LogP contribution in [0.1, 0.15) is 68.7 Å². The van der Waals surface area contributed by atoms with Crippen molar-refractivity contribution in [3.63, 3.8) is 0 Å². The summed E-state index contributed by atoms with van der Waals surface area (Å²) in [4.78, 5) is 0. The molecular weight excluding hydrogens is 146 g/mol. The molecule has 0 spiro atoms. The number of hydrogen-bond acceptors (Lipinski definition) is 1. The van der Waals surface area contributed by atoms with Gasteiger partial charge >= 0.3 is 0 Å². The van der Waals surface area contributed by atoms with E-state index < -0.39 is 0 Å². The van der Waals surface area contributed by atoms with E-state index in [0.29, 0.717) is 0 Å². The van der Waals surface area contributed by atoms with Crippen molar-refractivity contribution in [2.75, 3.05) is 6.54 Å². The van der Waals surface area contributed by atoms with Gasteiger partial charge in [-0.05, 0) is 6.54 Å². The van der Waals surface area contributed by atoms with Gasteiger partial charge in [-0.2, -0.15) is 0 Å². The number of nitrogens with two attached hydrogens (primary N) is 1. The minimum Gasteiger partial charge on any atom is -0.331 e. The fourth-order valence-corrected chi connectivity index (χ4v) is 0. The Labute approximate surface area is 81.8 Å². The largest absolute Gasteiger partial charge is 0.331 e. The van der Waals surface area contributed by atoms with Gasteiger partial charge in [0.15, 0.2) is 0 Å². The molecule has 2 N–H and O–H groups in total. The average molecular weight is 179 g/mol. The average Bonchev–Trinajstić information content (AvgIpc) is 2.16. The molecule has 0 rings (SSSR count). The zero-order valence-corrected chi connectivity index (χ0v) is 11.0. The molecule has 0 saturated carbocycles. The molecule has 0 aromatic heterocycles. The van der Waals surface area contributed by atoms with E-state index in [1.807, 2.05) is 48.5 Å². The lowest BCUT2D eigenvalue weighted by molar-refractivity contribution is 1.09. The SMILES string of the molecule is CC.CC.CC.CCC.CCN. The molecule has 0 unspecified atom stereocenters. The first-order valence-electron chi connectivity index (χ1n) is 5.53. The summed E-state index contributed by atoms with van der Waals surface area (Å²) in [6, 6.07) is 0. The summed E-state index contributed by atoms with van der Waals surface area (Å²) in [7, 11) is 0. The van der Waals surface area contributed by atoms with Gasteiger partial charge in [0.05, 0.1) is 0 Å². The van der Waals surface area contributed by atoms with Crippen molar-refractivity contribution >= 4 is 0 Å². The lowest BCUT2D eigenvalue weighted by atomic mass is 10.6. The van der Waals surface area contributed by atoms with Crippen LogP contribution in [0.15, 0.2) is 0 Å². The smallest absolute Gasteiger partial charge is 0.0106 e. The Hall–Kier alpha value is -0.0400. The third kappa shape index (κ3) is 500000. The molecule has 0 bridgehead atoms. The van der Waals surface area contributed by atoms with Gasteiger partial charge in [0.25, 0.3) is 0 Å². The van der Waals surface area contributed by atoms with Crippen molar-refractivity contribution < 1.29 is 0 Å². The molecule has 0 fully saturated rings. The molecule has 82 valence electrons. The predicted octanol–water partition coefficient (Wildman–Crippen LogP) is 4.46. The van der Waals surface area contributed by atoms with Crippen molar-refractivity contribution in [2.45, 2.75) is 68.7 Å². The molecule has 0 aromatic carbocycles. The molecule has 0 aliphatic carbocycles. The fraction of sp³-hybridized carbons (Fsp3) is 1.00. The van der Waals surface area contributed by atoms with Gasteiger partial charge in [-0.25, -0.2) is 0 Å². The topological polar surface area (TPSA) is 26.0 Å². The molecule has 1 nitrogen and oxygen atoms in total. The van der Waals surface area contributed by atoms with Crippen LogP contribution in [0.4, 0.5) is 0 Å². The quantitative estimate of drug-likeness (QED) is 0.584. The van der Waals surface area contributed by atoms with Gasteiger partial charge in [0, 0.05) is 0 Å². The monoisotopic (exact) mass is 179 g/mol. The minimum absolute atomic E-state index is 0.750. The second-order valence-electron chi connectivity index (χ2n) is 1.12. The maximum atomic E-state index is 4.85. The summed E-state index contributed by atoms with van der Waals surface area (Å²) in [5.74, 6) is 0. The highest BCUT2D eigenvalue weighted by molar-refractivity contribution is 4.00. The maximum Gasteiger partial charge on any atom is -0.0106 e. The summed E-state index contributed by atoms with van der Waals surface area (Å²) in [5.41, 5.74) is 4.85. The molecule has 0 amide bonds. The molecule has 0 aliphatic heterocycles. The van der Waals surface area contributed by atoms with E-state index in [2.05, 4.69) is 13.8 Å². The molecule has 0 aromatic rings. The van der Waals surface area contributed by atoms with Gasteiger partial charge in [0.1, 0.15) is 0 Å². The Morgan fingerprint density at radius 1 is 0.667 bits per heavy atom. The summed E-state index contributed by atoms with van der Waals surface area (Å²) in [6.45, 7) is 18.9. The van der Waals surface area contributed by atoms with Crippen molar-refractivity contribution in [3.8, 4) is 0 Å². The highest BCUT2D eigenvalue weighted by atomic mass is 14.5. The zero-order valence-electron chi connectivity index (χ0n) is 11.0. The Bertz CT molecular complexity index is 6.97. The van der Waals surface area contributed by atoms with Crippen LogP contribution in [-0.4, -0.2) is 6.54 Å². The molecule has 0 aliphatic rings. The summed E-state index contributed by atoms with van der Waals surface area (Å²) < 4.78 is 0. The van der Waals surface area contributed by atoms with Crippen LogP contribution in [-0.2, 0) is 0 Å². The van der Waals surface area contributed by atoms with Gasteiger partial charge < -0.3 is 5.73 Å². The lowest BCUT2D eigenvalue weighted by Gasteiger charge is -1.53. The molecule has 0 heterocycles. The van der Waals surface area contributed by atoms with Crippen LogP contribution >= 0.6 is 0 Å². The predicted molar refractivity (Wildman–Crippen MR) is 64.7 cm³/mol. The molecule has 1 heteroatoms. The van der Waals surface area contributed by atoms with Crippen molar-refractivity contribution in [1.29, 1.82) is 0 Å². The Balaban J connectivity index is -0.0000000174. The Morgan fingerprint density at radius 3 is 0.667 bits per heavy atom. The molecule has 0 saturated heterocycles. The molecule has 0 atom stereocenters. The van der Waals surface area contributed by atoms with Crippen molar-refractivity contribution in [2.24, 2.45) is 5.73 Å². The maximum absolute atomic E-state index is 4.85. The number of hydrogen-bond donors (Lipinski definition) is 1. The zero-order chi connectivity index (χ0) is 11.4. The Morgan fingerprint density at radius 2 is 0.667 bits per heavy atom. The van der Waals surface area contributed by atoms with E-state index in [-0.39, 0.29) is 0 Å². The van der Waals surface area contributed by atoms with E-state index in [4.69, 9.17) is 5.73 Å². The van der Waals surface area contributed by atoms with E-state index in [1.165, 1.54) is 6.42 Å². The van der Waals surface area contributed by atoms with Gasteiger partial charge in [-0.3, -0.25) is 0 Å². The van der Waals surface area contributed by atoms with Crippen LogP contribution in [0.25, 0.3) is 0 Å². The molecule has 0 radical (unpaired) electrons. The molecular formula is C11H33N. The van der Waals surface area contributed by atoms with Crippen LogP contribution in [0.2, 0.25) is 0 Å². The van der Waals surface area contributed by atoms with E-state index in [0.717, 1.165) is 6.54 Å².